The van der Waals surface area contributed by atoms with E-state index in [1.807, 2.05) is 0 Å². The van der Waals surface area contributed by atoms with E-state index in [2.05, 4.69) is 0 Å². The summed E-state index contributed by atoms with van der Waals surface area (Å²) in [5.41, 5.74) is 0.452. The van der Waals surface area contributed by atoms with Crippen LogP contribution < -0.4 is 0 Å². The van der Waals surface area contributed by atoms with E-state index in [9.17, 15) is 15.0 Å². The molecule has 1 fully saturated rings. The van der Waals surface area contributed by atoms with Crippen molar-refractivity contribution in [2.45, 2.75) is 18.4 Å². The second-order valence-corrected chi connectivity index (χ2v) is 5.62. The van der Waals surface area contributed by atoms with Crippen LogP contribution in [0.4, 0.5) is 0 Å². The van der Waals surface area contributed by atoms with Crippen LogP contribution in [0.25, 0.3) is 0 Å². The summed E-state index contributed by atoms with van der Waals surface area (Å²) < 4.78 is 0. The summed E-state index contributed by atoms with van der Waals surface area (Å²) in [6, 6.07) is 2.94. The Kier molecular flexibility index (Phi) is 4.75. The van der Waals surface area contributed by atoms with Crippen LogP contribution in [-0.2, 0) is 4.79 Å². The van der Waals surface area contributed by atoms with Gasteiger partial charge in [0.15, 0.2) is 0 Å². The molecule has 3 N–H and O–H groups in total. The second-order valence-electron chi connectivity index (χ2n) is 4.83. The minimum absolute atomic E-state index is 0.00163. The molecule has 0 bridgehead atoms. The summed E-state index contributed by atoms with van der Waals surface area (Å²) in [5, 5.41) is 28.7. The minimum atomic E-state index is -0.971. The number of carbonyl (C=O) groups is 1. The molecule has 5 nitrogen and oxygen atoms in total. The van der Waals surface area contributed by atoms with Crippen LogP contribution in [0.15, 0.2) is 12.1 Å². The number of phenols is 1. The van der Waals surface area contributed by atoms with Gasteiger partial charge in [0, 0.05) is 31.0 Å². The molecule has 2 rings (SSSR count). The molecular formula is C13H15Cl2NO4. The van der Waals surface area contributed by atoms with E-state index >= 15 is 0 Å². The lowest BCUT2D eigenvalue weighted by molar-refractivity contribution is -0.129. The topological polar surface area (TPSA) is 81.0 Å². The number of hydrogen-bond donors (Lipinski definition) is 3. The van der Waals surface area contributed by atoms with Crippen LogP contribution >= 0.6 is 23.2 Å². The Labute approximate surface area is 126 Å². The van der Waals surface area contributed by atoms with Crippen molar-refractivity contribution in [2.24, 2.45) is 0 Å². The highest BCUT2D eigenvalue weighted by Gasteiger charge is 2.34. The summed E-state index contributed by atoms with van der Waals surface area (Å²) >= 11 is 12.0. The molecule has 1 aromatic carbocycles. The first kappa shape index (κ1) is 15.4. The van der Waals surface area contributed by atoms with Crippen molar-refractivity contribution in [3.8, 4) is 5.75 Å². The molecule has 0 radical (unpaired) electrons. The fourth-order valence-corrected chi connectivity index (χ4v) is 2.88. The zero-order valence-electron chi connectivity index (χ0n) is 10.6. The van der Waals surface area contributed by atoms with Gasteiger partial charge in [-0.15, -0.1) is 0 Å². The van der Waals surface area contributed by atoms with E-state index in [1.54, 1.807) is 0 Å². The van der Waals surface area contributed by atoms with Crippen molar-refractivity contribution >= 4 is 29.1 Å². The number of nitrogens with zero attached hydrogens (tertiary/aromatic N) is 1. The van der Waals surface area contributed by atoms with E-state index in [4.69, 9.17) is 28.3 Å². The molecule has 20 heavy (non-hydrogen) atoms. The standard InChI is InChI=1S/C13H15Cl2NO4/c14-9-1-2-10(19)12(13(9)15)7-3-11(20)16(4-7)5-8(18)6-17/h1-2,7-8,17-19H,3-6H2/t7-,8+/m1/s1. The number of halogens is 2. The Morgan fingerprint density at radius 1 is 1.40 bits per heavy atom. The number of aromatic hydroxyl groups is 1. The minimum Gasteiger partial charge on any atom is -0.508 e. The Morgan fingerprint density at radius 2 is 2.10 bits per heavy atom. The fourth-order valence-electron chi connectivity index (χ4n) is 2.40. The van der Waals surface area contributed by atoms with E-state index in [0.717, 1.165) is 0 Å². The lowest BCUT2D eigenvalue weighted by atomic mass is 9.97. The Morgan fingerprint density at radius 3 is 2.75 bits per heavy atom. The third-order valence-corrected chi connectivity index (χ3v) is 4.19. The molecule has 0 saturated carbocycles. The molecule has 110 valence electrons. The third kappa shape index (κ3) is 3.01. The van der Waals surface area contributed by atoms with E-state index < -0.39 is 12.7 Å². The van der Waals surface area contributed by atoms with Gasteiger partial charge < -0.3 is 20.2 Å². The molecule has 1 saturated heterocycles. The van der Waals surface area contributed by atoms with Gasteiger partial charge in [-0.25, -0.2) is 0 Å². The number of phenolic OH excluding ortho intramolecular Hbond substituents is 1. The van der Waals surface area contributed by atoms with Gasteiger partial charge in [0.2, 0.25) is 5.91 Å². The van der Waals surface area contributed by atoms with E-state index in [1.165, 1.54) is 17.0 Å². The Balaban J connectivity index is 2.20. The number of hydrogen-bond acceptors (Lipinski definition) is 4. The zero-order chi connectivity index (χ0) is 14.9. The van der Waals surface area contributed by atoms with Crippen molar-refractivity contribution in [3.05, 3.63) is 27.7 Å². The summed E-state index contributed by atoms with van der Waals surface area (Å²) in [4.78, 5) is 13.3. The molecule has 1 heterocycles. The van der Waals surface area contributed by atoms with Gasteiger partial charge >= 0.3 is 0 Å². The van der Waals surface area contributed by atoms with Crippen molar-refractivity contribution in [1.29, 1.82) is 0 Å². The van der Waals surface area contributed by atoms with Gasteiger partial charge in [-0.2, -0.15) is 0 Å². The number of likely N-dealkylation sites (tertiary alicyclic amines) is 1. The highest BCUT2D eigenvalue weighted by molar-refractivity contribution is 6.42. The molecule has 1 aromatic rings. The molecule has 0 aliphatic carbocycles. The van der Waals surface area contributed by atoms with Gasteiger partial charge in [-0.1, -0.05) is 23.2 Å². The van der Waals surface area contributed by atoms with Gasteiger partial charge in [0.1, 0.15) is 5.75 Å². The normalized spacial score (nSPS) is 20.5. The monoisotopic (exact) mass is 319 g/mol. The number of benzene rings is 1. The van der Waals surface area contributed by atoms with Gasteiger partial charge in [-0.05, 0) is 12.1 Å². The lowest BCUT2D eigenvalue weighted by Crippen LogP contribution is -2.35. The first-order valence-electron chi connectivity index (χ1n) is 6.17. The first-order valence-corrected chi connectivity index (χ1v) is 6.93. The molecule has 1 aliphatic rings. The predicted molar refractivity (Wildman–Crippen MR) is 75.2 cm³/mol. The lowest BCUT2D eigenvalue weighted by Gasteiger charge is -2.20. The summed E-state index contributed by atoms with van der Waals surface area (Å²) in [5.74, 6) is -0.431. The maximum Gasteiger partial charge on any atom is 0.223 e. The van der Waals surface area contributed by atoms with Crippen molar-refractivity contribution < 1.29 is 20.1 Å². The number of aliphatic hydroxyl groups is 2. The third-order valence-electron chi connectivity index (χ3n) is 3.37. The fraction of sp³-hybridized carbons (Fsp3) is 0.462. The van der Waals surface area contributed by atoms with E-state index in [-0.39, 0.29) is 35.6 Å². The number of aliphatic hydroxyl groups excluding tert-OH is 2. The smallest absolute Gasteiger partial charge is 0.223 e. The average molecular weight is 320 g/mol. The molecule has 0 unspecified atom stereocenters. The maximum atomic E-state index is 11.9. The summed E-state index contributed by atoms with van der Waals surface area (Å²) in [6.45, 7) is -0.0219. The number of β-amino-alcohol motifs (C(OH)–C–C–N with tert-alkyl or cyclic N) is 1. The van der Waals surface area contributed by atoms with Gasteiger partial charge in [0.05, 0.1) is 22.8 Å². The summed E-state index contributed by atoms with van der Waals surface area (Å²) in [7, 11) is 0. The molecule has 2 atom stereocenters. The Bertz CT molecular complexity index is 523. The largest absolute Gasteiger partial charge is 0.508 e. The number of rotatable bonds is 4. The highest BCUT2D eigenvalue weighted by atomic mass is 35.5. The molecule has 0 spiro atoms. The van der Waals surface area contributed by atoms with Crippen LogP contribution in [-0.4, -0.2) is 51.9 Å². The van der Waals surface area contributed by atoms with Crippen molar-refractivity contribution in [2.75, 3.05) is 19.7 Å². The second kappa shape index (κ2) is 6.18. The van der Waals surface area contributed by atoms with Gasteiger partial charge in [0.25, 0.3) is 0 Å². The summed E-state index contributed by atoms with van der Waals surface area (Å²) in [6.07, 6.45) is -0.785. The first-order chi connectivity index (χ1) is 9.43. The molecule has 1 amide bonds. The van der Waals surface area contributed by atoms with Crippen LogP contribution in [0, 0.1) is 0 Å². The zero-order valence-corrected chi connectivity index (χ0v) is 12.1. The highest BCUT2D eigenvalue weighted by Crippen LogP contribution is 2.41. The molecule has 7 heteroatoms. The predicted octanol–water partition coefficient (Wildman–Crippen LogP) is 1.37. The molecule has 1 aliphatic heterocycles. The van der Waals surface area contributed by atoms with Gasteiger partial charge in [-0.3, -0.25) is 4.79 Å². The van der Waals surface area contributed by atoms with Crippen LogP contribution in [0.3, 0.4) is 0 Å². The SMILES string of the molecule is O=C1C[C@@H](c2c(O)ccc(Cl)c2Cl)CN1C[C@H](O)CO. The Hall–Kier alpha value is -1.01. The number of carbonyl (C=O) groups excluding carboxylic acids is 1. The van der Waals surface area contributed by atoms with Crippen LogP contribution in [0.5, 0.6) is 5.75 Å². The quantitative estimate of drug-likeness (QED) is 0.783. The van der Waals surface area contributed by atoms with Crippen LogP contribution in [0.1, 0.15) is 17.9 Å². The number of amides is 1. The van der Waals surface area contributed by atoms with Crippen LogP contribution in [0.2, 0.25) is 10.0 Å². The molecule has 0 aromatic heterocycles. The average Bonchev–Trinajstić information content (AvgIpc) is 2.75. The molecular weight excluding hydrogens is 305 g/mol. The maximum absolute atomic E-state index is 11.9. The van der Waals surface area contributed by atoms with Crippen molar-refractivity contribution in [1.82, 2.24) is 4.90 Å². The van der Waals surface area contributed by atoms with Crippen molar-refractivity contribution in [3.63, 3.8) is 0 Å². The van der Waals surface area contributed by atoms with E-state index in [0.29, 0.717) is 17.1 Å².